The van der Waals surface area contributed by atoms with Crippen LogP contribution in [0, 0.1) is 5.92 Å². The molecular weight excluding hydrogens is 427 g/mol. The van der Waals surface area contributed by atoms with Gasteiger partial charge in [-0.15, -0.1) is 13.2 Å². The summed E-state index contributed by atoms with van der Waals surface area (Å²) in [4.78, 5) is 0. The molecule has 1 fully saturated rings. The van der Waals surface area contributed by atoms with Gasteiger partial charge in [0, 0.05) is 0 Å². The average molecular weight is 454 g/mol. The Hall–Kier alpha value is -2.41. The van der Waals surface area contributed by atoms with E-state index in [-0.39, 0.29) is 5.56 Å². The van der Waals surface area contributed by atoms with Crippen molar-refractivity contribution in [2.45, 2.75) is 64.0 Å². The minimum atomic E-state index is -4.81. The quantitative estimate of drug-likeness (QED) is 0.310. The van der Waals surface area contributed by atoms with Gasteiger partial charge in [0.2, 0.25) is 0 Å². The third-order valence-corrected chi connectivity index (χ3v) is 5.86. The Balaban J connectivity index is 1.61. The Labute approximate surface area is 185 Å². The highest BCUT2D eigenvalue weighted by molar-refractivity contribution is 5.30. The Kier molecular flexibility index (Phi) is 7.59. The van der Waals surface area contributed by atoms with Crippen LogP contribution in [0.2, 0.25) is 0 Å². The van der Waals surface area contributed by atoms with Crippen LogP contribution in [0.25, 0.3) is 0 Å². The van der Waals surface area contributed by atoms with Crippen molar-refractivity contribution in [1.82, 2.24) is 0 Å². The average Bonchev–Trinajstić information content (AvgIpc) is 2.74. The molecule has 1 saturated carbocycles. The summed E-state index contributed by atoms with van der Waals surface area (Å²) in [5, 5.41) is 0. The minimum Gasteiger partial charge on any atom is -0.406 e. The summed E-state index contributed by atoms with van der Waals surface area (Å²) in [5.41, 5.74) is 1.11. The molecule has 2 aromatic carbocycles. The van der Waals surface area contributed by atoms with Crippen molar-refractivity contribution < 1.29 is 31.4 Å². The smallest absolute Gasteiger partial charge is 0.406 e. The van der Waals surface area contributed by atoms with Crippen LogP contribution in [0.1, 0.15) is 68.2 Å². The van der Waals surface area contributed by atoms with Crippen LogP contribution in [-0.4, -0.2) is 6.36 Å². The molecule has 0 amide bonds. The Morgan fingerprint density at radius 3 is 2.00 bits per heavy atom. The fraction of sp³-hybridized carbons (Fsp3) is 0.440. The number of hydrogen-bond acceptors (Lipinski definition) is 2. The fourth-order valence-corrected chi connectivity index (χ4v) is 4.17. The van der Waals surface area contributed by atoms with Gasteiger partial charge in [-0.05, 0) is 74.6 Å². The maximum absolute atomic E-state index is 14.7. The summed E-state index contributed by atoms with van der Waals surface area (Å²) < 4.78 is 74.9. The van der Waals surface area contributed by atoms with E-state index in [9.17, 15) is 22.0 Å². The van der Waals surface area contributed by atoms with Crippen LogP contribution in [-0.2, 0) is 10.8 Å². The molecule has 0 spiro atoms. The summed E-state index contributed by atoms with van der Waals surface area (Å²) in [6.07, 6.45) is -0.814. The van der Waals surface area contributed by atoms with Crippen molar-refractivity contribution in [2.75, 3.05) is 0 Å². The number of halogens is 5. The predicted molar refractivity (Wildman–Crippen MR) is 112 cm³/mol. The number of allylic oxidation sites excluding steroid dienone is 2. The van der Waals surface area contributed by atoms with E-state index in [1.807, 2.05) is 6.92 Å². The molecule has 0 heterocycles. The van der Waals surface area contributed by atoms with Crippen molar-refractivity contribution in [1.29, 1.82) is 0 Å². The van der Waals surface area contributed by atoms with Crippen molar-refractivity contribution in [2.24, 2.45) is 5.92 Å². The minimum absolute atomic E-state index is 0.257. The molecule has 0 saturated heterocycles. The van der Waals surface area contributed by atoms with E-state index in [4.69, 9.17) is 4.74 Å². The lowest BCUT2D eigenvalue weighted by molar-refractivity contribution is -0.274. The van der Waals surface area contributed by atoms with Crippen molar-refractivity contribution in [3.63, 3.8) is 0 Å². The number of alkyl halides is 5. The summed E-state index contributed by atoms with van der Waals surface area (Å²) in [7, 11) is 0. The van der Waals surface area contributed by atoms with Crippen molar-refractivity contribution in [3.8, 4) is 5.75 Å². The zero-order valence-electron chi connectivity index (χ0n) is 18.0. The zero-order chi connectivity index (χ0) is 23.4. The second kappa shape index (κ2) is 10.0. The van der Waals surface area contributed by atoms with E-state index in [1.54, 1.807) is 12.1 Å². The molecule has 0 radical (unpaired) electrons. The van der Waals surface area contributed by atoms with E-state index in [1.165, 1.54) is 31.2 Å². The molecule has 174 valence electrons. The number of ether oxygens (including phenoxy) is 2. The van der Waals surface area contributed by atoms with Gasteiger partial charge in [0.1, 0.15) is 5.75 Å². The third-order valence-electron chi connectivity index (χ3n) is 5.86. The van der Waals surface area contributed by atoms with Crippen LogP contribution in [0.15, 0.2) is 60.7 Å². The van der Waals surface area contributed by atoms with E-state index in [0.717, 1.165) is 43.4 Å². The lowest BCUT2D eigenvalue weighted by atomic mass is 9.78. The second-order valence-corrected chi connectivity index (χ2v) is 8.15. The van der Waals surface area contributed by atoms with Crippen LogP contribution in [0.5, 0.6) is 5.75 Å². The normalized spacial score (nSPS) is 21.0. The first-order chi connectivity index (χ1) is 15.1. The third kappa shape index (κ3) is 6.55. The Morgan fingerprint density at radius 1 is 0.875 bits per heavy atom. The van der Waals surface area contributed by atoms with Crippen LogP contribution < -0.4 is 4.74 Å². The highest BCUT2D eigenvalue weighted by atomic mass is 19.4. The number of benzene rings is 2. The van der Waals surface area contributed by atoms with Crippen LogP contribution >= 0.6 is 0 Å². The molecule has 0 aromatic heterocycles. The Bertz CT molecular complexity index is 880. The van der Waals surface area contributed by atoms with Crippen molar-refractivity contribution in [3.05, 3.63) is 77.4 Å². The lowest BCUT2D eigenvalue weighted by Crippen LogP contribution is -2.21. The van der Waals surface area contributed by atoms with Crippen LogP contribution in [0.4, 0.5) is 22.0 Å². The van der Waals surface area contributed by atoms with Crippen molar-refractivity contribution >= 4 is 0 Å². The summed E-state index contributed by atoms with van der Waals surface area (Å²) >= 11 is 0. The zero-order valence-corrected chi connectivity index (χ0v) is 18.0. The van der Waals surface area contributed by atoms with Gasteiger partial charge < -0.3 is 9.47 Å². The SMILES string of the molecule is C/C=C/C1CCC(c2ccc(C(F)(F)OC(C)c3ccc(OC(F)(F)F)cc3)cc2)CC1. The van der Waals surface area contributed by atoms with Gasteiger partial charge in [0.15, 0.2) is 0 Å². The molecule has 0 N–H and O–H groups in total. The molecule has 2 aromatic rings. The van der Waals surface area contributed by atoms with Gasteiger partial charge >= 0.3 is 12.5 Å². The van der Waals surface area contributed by atoms with Gasteiger partial charge in [-0.3, -0.25) is 0 Å². The summed E-state index contributed by atoms with van der Waals surface area (Å²) in [5.74, 6) is 0.552. The molecule has 1 unspecified atom stereocenters. The molecule has 1 aliphatic carbocycles. The van der Waals surface area contributed by atoms with E-state index in [2.05, 4.69) is 16.9 Å². The number of rotatable bonds is 7. The maximum Gasteiger partial charge on any atom is 0.573 e. The van der Waals surface area contributed by atoms with Gasteiger partial charge in [0.25, 0.3) is 0 Å². The van der Waals surface area contributed by atoms with Gasteiger partial charge in [-0.2, -0.15) is 8.78 Å². The summed E-state index contributed by atoms with van der Waals surface area (Å²) in [6.45, 7) is 3.44. The molecule has 1 atom stereocenters. The lowest BCUT2D eigenvalue weighted by Gasteiger charge is -2.27. The topological polar surface area (TPSA) is 18.5 Å². The molecular formula is C25H27F5O2. The van der Waals surface area contributed by atoms with E-state index < -0.39 is 24.3 Å². The van der Waals surface area contributed by atoms with Gasteiger partial charge in [0.05, 0.1) is 11.7 Å². The van der Waals surface area contributed by atoms with E-state index >= 15 is 0 Å². The molecule has 32 heavy (non-hydrogen) atoms. The van der Waals surface area contributed by atoms with Gasteiger partial charge in [-0.1, -0.05) is 48.6 Å². The molecule has 0 aliphatic heterocycles. The molecule has 1 aliphatic rings. The summed E-state index contributed by atoms with van der Waals surface area (Å²) in [6, 6.07) is 10.9. The second-order valence-electron chi connectivity index (χ2n) is 8.15. The monoisotopic (exact) mass is 454 g/mol. The largest absolute Gasteiger partial charge is 0.573 e. The molecule has 0 bridgehead atoms. The first-order valence-corrected chi connectivity index (χ1v) is 10.7. The number of hydrogen-bond donors (Lipinski definition) is 0. The van der Waals surface area contributed by atoms with Gasteiger partial charge in [-0.25, -0.2) is 0 Å². The Morgan fingerprint density at radius 2 is 1.47 bits per heavy atom. The van der Waals surface area contributed by atoms with E-state index in [0.29, 0.717) is 17.4 Å². The first-order valence-electron chi connectivity index (χ1n) is 10.7. The van der Waals surface area contributed by atoms with Crippen LogP contribution in [0.3, 0.4) is 0 Å². The predicted octanol–water partition coefficient (Wildman–Crippen LogP) is 8.26. The highest BCUT2D eigenvalue weighted by Crippen LogP contribution is 2.39. The molecule has 7 heteroatoms. The first kappa shape index (κ1) is 24.2. The highest BCUT2D eigenvalue weighted by Gasteiger charge is 2.36. The molecule has 3 rings (SSSR count). The maximum atomic E-state index is 14.7. The standard InChI is InChI=1S/C25H27F5O2/c1-3-4-18-5-7-20(8-6-18)21-9-13-22(14-10-21)24(26,27)31-17(2)19-11-15-23(16-12-19)32-25(28,29)30/h3-4,9-18,20H,5-8H2,1-2H3/b4-3+. The molecule has 2 nitrogen and oxygen atoms in total. The fourth-order valence-electron chi connectivity index (χ4n) is 4.17.